The van der Waals surface area contributed by atoms with Crippen LogP contribution in [0.15, 0.2) is 16.5 Å². The highest BCUT2D eigenvalue weighted by Gasteiger charge is 2.18. The molecule has 84 valence electrons. The van der Waals surface area contributed by atoms with Gasteiger partial charge in [0.1, 0.15) is 5.76 Å². The zero-order chi connectivity index (χ0) is 10.7. The van der Waals surface area contributed by atoms with E-state index in [0.29, 0.717) is 6.04 Å². The van der Waals surface area contributed by atoms with Crippen LogP contribution < -0.4 is 10.6 Å². The third-order valence-corrected chi connectivity index (χ3v) is 2.90. The summed E-state index contributed by atoms with van der Waals surface area (Å²) in [5.41, 5.74) is 0. The van der Waals surface area contributed by atoms with Crippen LogP contribution in [-0.4, -0.2) is 44.2 Å². The molecule has 0 bridgehead atoms. The first kappa shape index (κ1) is 10.5. The van der Waals surface area contributed by atoms with Crippen molar-refractivity contribution < 1.29 is 4.42 Å². The molecular formula is C11H19N3O. The fraction of sp³-hybridized carbons (Fsp3) is 0.636. The Hall–Kier alpha value is -1.00. The molecule has 0 radical (unpaired) electrons. The Morgan fingerprint density at radius 1 is 1.60 bits per heavy atom. The molecule has 0 spiro atoms. The van der Waals surface area contributed by atoms with Gasteiger partial charge in [0.05, 0.1) is 0 Å². The monoisotopic (exact) mass is 209 g/mol. The van der Waals surface area contributed by atoms with E-state index in [1.54, 1.807) is 0 Å². The van der Waals surface area contributed by atoms with Crippen molar-refractivity contribution in [3.8, 4) is 0 Å². The number of rotatable bonds is 3. The molecule has 1 fully saturated rings. The van der Waals surface area contributed by atoms with E-state index in [1.165, 1.54) is 0 Å². The molecule has 1 aliphatic heterocycles. The Bertz CT molecular complexity index is 311. The van der Waals surface area contributed by atoms with Gasteiger partial charge < -0.3 is 15.1 Å². The lowest BCUT2D eigenvalue weighted by Crippen LogP contribution is -2.52. The van der Waals surface area contributed by atoms with Gasteiger partial charge >= 0.3 is 0 Å². The van der Waals surface area contributed by atoms with Crippen LogP contribution in [0.4, 0.5) is 5.88 Å². The molecule has 0 aromatic carbocycles. The second-order valence-electron chi connectivity index (χ2n) is 4.13. The number of aryl methyl sites for hydroxylation is 1. The third-order valence-electron chi connectivity index (χ3n) is 2.90. The van der Waals surface area contributed by atoms with Crippen molar-refractivity contribution in [2.24, 2.45) is 0 Å². The highest BCUT2D eigenvalue weighted by molar-refractivity contribution is 5.32. The summed E-state index contributed by atoms with van der Waals surface area (Å²) in [5.74, 6) is 1.82. The first-order chi connectivity index (χ1) is 7.25. The summed E-state index contributed by atoms with van der Waals surface area (Å²) in [6.07, 6.45) is 0. The predicted molar refractivity (Wildman–Crippen MR) is 61.2 cm³/mol. The number of hydrogen-bond acceptors (Lipinski definition) is 4. The van der Waals surface area contributed by atoms with Crippen LogP contribution in [0.1, 0.15) is 5.76 Å². The molecule has 0 amide bonds. The summed E-state index contributed by atoms with van der Waals surface area (Å²) in [5, 5.41) is 6.71. The molecular weight excluding hydrogens is 190 g/mol. The van der Waals surface area contributed by atoms with Crippen molar-refractivity contribution in [3.05, 3.63) is 17.9 Å². The summed E-state index contributed by atoms with van der Waals surface area (Å²) in [6.45, 7) is 6.13. The molecule has 1 atom stereocenters. The van der Waals surface area contributed by atoms with Crippen LogP contribution in [0.25, 0.3) is 0 Å². The fourth-order valence-electron chi connectivity index (χ4n) is 1.84. The quantitative estimate of drug-likeness (QED) is 0.776. The maximum absolute atomic E-state index is 5.46. The summed E-state index contributed by atoms with van der Waals surface area (Å²) >= 11 is 0. The van der Waals surface area contributed by atoms with Gasteiger partial charge in [0, 0.05) is 38.3 Å². The topological polar surface area (TPSA) is 40.4 Å². The molecule has 0 saturated carbocycles. The zero-order valence-electron chi connectivity index (χ0n) is 9.42. The van der Waals surface area contributed by atoms with E-state index in [2.05, 4.69) is 22.6 Å². The number of nitrogens with one attached hydrogen (secondary N) is 2. The van der Waals surface area contributed by atoms with Gasteiger partial charge in [-0.25, -0.2) is 0 Å². The second-order valence-corrected chi connectivity index (χ2v) is 4.13. The summed E-state index contributed by atoms with van der Waals surface area (Å²) in [4.78, 5) is 2.37. The molecule has 1 unspecified atom stereocenters. The van der Waals surface area contributed by atoms with Gasteiger partial charge in [0.25, 0.3) is 0 Å². The van der Waals surface area contributed by atoms with Crippen LogP contribution in [0.3, 0.4) is 0 Å². The van der Waals surface area contributed by atoms with Gasteiger partial charge in [-0.1, -0.05) is 0 Å². The third kappa shape index (κ3) is 2.73. The number of likely N-dealkylation sites (N-methyl/N-ethyl adjacent to an activating group) is 1. The number of anilines is 1. The lowest BCUT2D eigenvalue weighted by atomic mass is 10.2. The minimum Gasteiger partial charge on any atom is -0.446 e. The van der Waals surface area contributed by atoms with Crippen LogP contribution in [0.2, 0.25) is 0 Å². The molecule has 1 aliphatic rings. The maximum Gasteiger partial charge on any atom is 0.193 e. The summed E-state index contributed by atoms with van der Waals surface area (Å²) in [6, 6.07) is 4.50. The normalized spacial score (nSPS) is 22.9. The minimum absolute atomic E-state index is 0.546. The lowest BCUT2D eigenvalue weighted by molar-refractivity contribution is 0.208. The molecule has 4 heteroatoms. The smallest absolute Gasteiger partial charge is 0.193 e. The van der Waals surface area contributed by atoms with Gasteiger partial charge in [-0.2, -0.15) is 0 Å². The number of piperazine rings is 1. The maximum atomic E-state index is 5.46. The lowest BCUT2D eigenvalue weighted by Gasteiger charge is -2.33. The van der Waals surface area contributed by atoms with E-state index in [4.69, 9.17) is 4.42 Å². The van der Waals surface area contributed by atoms with Crippen molar-refractivity contribution >= 4 is 5.88 Å². The van der Waals surface area contributed by atoms with E-state index in [0.717, 1.165) is 37.8 Å². The molecule has 15 heavy (non-hydrogen) atoms. The van der Waals surface area contributed by atoms with E-state index in [1.807, 2.05) is 19.1 Å². The Morgan fingerprint density at radius 3 is 3.13 bits per heavy atom. The van der Waals surface area contributed by atoms with Gasteiger partial charge in [0.2, 0.25) is 0 Å². The number of furan rings is 1. The average Bonchev–Trinajstić information content (AvgIpc) is 2.63. The van der Waals surface area contributed by atoms with Crippen LogP contribution in [0, 0.1) is 6.92 Å². The first-order valence-corrected chi connectivity index (χ1v) is 5.47. The van der Waals surface area contributed by atoms with Crippen molar-refractivity contribution in [2.75, 3.05) is 38.5 Å². The highest BCUT2D eigenvalue weighted by Crippen LogP contribution is 2.12. The van der Waals surface area contributed by atoms with Crippen LogP contribution in [0.5, 0.6) is 0 Å². The molecule has 0 aliphatic carbocycles. The minimum atomic E-state index is 0.546. The van der Waals surface area contributed by atoms with E-state index in [-0.39, 0.29) is 0 Å². The predicted octanol–water partition coefficient (Wildman–Crippen LogP) is 0.904. The molecule has 2 N–H and O–H groups in total. The number of hydrogen-bond donors (Lipinski definition) is 2. The standard InChI is InChI=1S/C11H19N3O/c1-9-3-4-11(15-9)13-8-10-7-12-5-6-14(10)2/h3-4,10,12-13H,5-8H2,1-2H3. The first-order valence-electron chi connectivity index (χ1n) is 5.47. The zero-order valence-corrected chi connectivity index (χ0v) is 9.42. The Morgan fingerprint density at radius 2 is 2.47 bits per heavy atom. The fourth-order valence-corrected chi connectivity index (χ4v) is 1.84. The van der Waals surface area contributed by atoms with Gasteiger partial charge in [0.15, 0.2) is 5.88 Å². The molecule has 4 nitrogen and oxygen atoms in total. The van der Waals surface area contributed by atoms with Crippen LogP contribution in [-0.2, 0) is 0 Å². The van der Waals surface area contributed by atoms with Gasteiger partial charge in [-0.3, -0.25) is 4.90 Å². The Balaban J connectivity index is 1.81. The largest absolute Gasteiger partial charge is 0.446 e. The van der Waals surface area contributed by atoms with Crippen molar-refractivity contribution in [1.82, 2.24) is 10.2 Å². The molecule has 2 rings (SSSR count). The molecule has 2 heterocycles. The van der Waals surface area contributed by atoms with E-state index >= 15 is 0 Å². The molecule has 1 aromatic rings. The SMILES string of the molecule is Cc1ccc(NCC2CNCCN2C)o1. The van der Waals surface area contributed by atoms with E-state index < -0.39 is 0 Å². The molecule has 1 saturated heterocycles. The van der Waals surface area contributed by atoms with Gasteiger partial charge in [-0.15, -0.1) is 0 Å². The second kappa shape index (κ2) is 4.68. The Kier molecular flexibility index (Phi) is 3.28. The van der Waals surface area contributed by atoms with E-state index in [9.17, 15) is 0 Å². The average molecular weight is 209 g/mol. The van der Waals surface area contributed by atoms with Gasteiger partial charge in [-0.05, 0) is 20.0 Å². The summed E-state index contributed by atoms with van der Waals surface area (Å²) < 4.78 is 5.46. The van der Waals surface area contributed by atoms with Crippen molar-refractivity contribution in [2.45, 2.75) is 13.0 Å². The molecule has 1 aromatic heterocycles. The van der Waals surface area contributed by atoms with Crippen molar-refractivity contribution in [1.29, 1.82) is 0 Å². The van der Waals surface area contributed by atoms with Crippen molar-refractivity contribution in [3.63, 3.8) is 0 Å². The number of nitrogens with zero attached hydrogens (tertiary/aromatic N) is 1. The summed E-state index contributed by atoms with van der Waals surface area (Å²) in [7, 11) is 2.17. The highest BCUT2D eigenvalue weighted by atomic mass is 16.4. The Labute approximate surface area is 90.6 Å². The van der Waals surface area contributed by atoms with Crippen LogP contribution >= 0.6 is 0 Å².